The van der Waals surface area contributed by atoms with Gasteiger partial charge in [-0.2, -0.15) is 0 Å². The standard InChI is InChI=1S/C13H18N4O3/c1-16-13(19)11-7-20-5-4-17(11)10-6-8(14)2-3-9(10)12(15)18/h2-3,6,11H,4-5,7,14H2,1H3,(H2,15,18)(H,16,19). The number of amides is 2. The molecule has 1 aliphatic rings. The normalized spacial score (nSPS) is 18.6. The van der Waals surface area contributed by atoms with Gasteiger partial charge < -0.3 is 26.4 Å². The number of hydrogen-bond acceptors (Lipinski definition) is 5. The van der Waals surface area contributed by atoms with Crippen molar-refractivity contribution in [2.24, 2.45) is 5.73 Å². The zero-order valence-corrected chi connectivity index (χ0v) is 11.3. The highest BCUT2D eigenvalue weighted by molar-refractivity contribution is 6.00. The molecule has 5 N–H and O–H groups in total. The van der Waals surface area contributed by atoms with Gasteiger partial charge in [-0.25, -0.2) is 0 Å². The summed E-state index contributed by atoms with van der Waals surface area (Å²) in [4.78, 5) is 25.3. The Hall–Kier alpha value is -2.28. The quantitative estimate of drug-likeness (QED) is 0.634. The molecule has 1 aromatic carbocycles. The zero-order valence-electron chi connectivity index (χ0n) is 11.3. The molecule has 1 saturated heterocycles. The van der Waals surface area contributed by atoms with Gasteiger partial charge in [0, 0.05) is 19.3 Å². The van der Waals surface area contributed by atoms with Gasteiger partial charge in [0.05, 0.1) is 24.5 Å². The van der Waals surface area contributed by atoms with Crippen molar-refractivity contribution in [3.8, 4) is 0 Å². The van der Waals surface area contributed by atoms with Crippen LogP contribution in [0.25, 0.3) is 0 Å². The van der Waals surface area contributed by atoms with Crippen LogP contribution in [0.1, 0.15) is 10.4 Å². The van der Waals surface area contributed by atoms with Gasteiger partial charge in [0.1, 0.15) is 6.04 Å². The topological polar surface area (TPSA) is 111 Å². The van der Waals surface area contributed by atoms with Crippen LogP contribution >= 0.6 is 0 Å². The predicted octanol–water partition coefficient (Wildman–Crippen LogP) is -0.681. The van der Waals surface area contributed by atoms with E-state index < -0.39 is 11.9 Å². The number of ether oxygens (including phenoxy) is 1. The highest BCUT2D eigenvalue weighted by Gasteiger charge is 2.31. The lowest BCUT2D eigenvalue weighted by Gasteiger charge is -2.37. The number of likely N-dealkylation sites (N-methyl/N-ethyl adjacent to an activating group) is 1. The number of nitrogens with two attached hydrogens (primary N) is 2. The second kappa shape index (κ2) is 5.79. The maximum Gasteiger partial charge on any atom is 0.250 e. The number of nitrogens with zero attached hydrogens (tertiary/aromatic N) is 1. The zero-order chi connectivity index (χ0) is 14.7. The molecule has 0 bridgehead atoms. The molecule has 1 fully saturated rings. The van der Waals surface area contributed by atoms with Gasteiger partial charge in [0.15, 0.2) is 0 Å². The second-order valence-corrected chi connectivity index (χ2v) is 4.54. The van der Waals surface area contributed by atoms with Crippen molar-refractivity contribution in [1.82, 2.24) is 5.32 Å². The molecule has 0 spiro atoms. The molecule has 1 unspecified atom stereocenters. The highest BCUT2D eigenvalue weighted by Crippen LogP contribution is 2.26. The molecule has 2 rings (SSSR count). The summed E-state index contributed by atoms with van der Waals surface area (Å²) in [5.41, 5.74) is 12.6. The Kier molecular flexibility index (Phi) is 4.09. The lowest BCUT2D eigenvalue weighted by atomic mass is 10.1. The minimum absolute atomic E-state index is 0.178. The van der Waals surface area contributed by atoms with Crippen LogP contribution in [0.5, 0.6) is 0 Å². The molecule has 0 radical (unpaired) electrons. The Morgan fingerprint density at radius 1 is 1.45 bits per heavy atom. The number of benzene rings is 1. The maximum atomic E-state index is 11.9. The molecule has 0 aliphatic carbocycles. The summed E-state index contributed by atoms with van der Waals surface area (Å²) in [5.74, 6) is -0.732. The third-order valence-corrected chi connectivity index (χ3v) is 3.27. The molecule has 0 aromatic heterocycles. The molecule has 108 valence electrons. The molecule has 7 heteroatoms. The van der Waals surface area contributed by atoms with Gasteiger partial charge in [0.2, 0.25) is 5.91 Å². The third-order valence-electron chi connectivity index (χ3n) is 3.27. The number of rotatable bonds is 3. The molecule has 7 nitrogen and oxygen atoms in total. The van der Waals surface area contributed by atoms with E-state index in [0.717, 1.165) is 0 Å². The third kappa shape index (κ3) is 2.67. The number of primary amides is 1. The van der Waals surface area contributed by atoms with Crippen LogP contribution in [0, 0.1) is 0 Å². The smallest absolute Gasteiger partial charge is 0.250 e. The lowest BCUT2D eigenvalue weighted by Crippen LogP contribution is -2.53. The molecule has 1 heterocycles. The Labute approximate surface area is 116 Å². The monoisotopic (exact) mass is 278 g/mol. The molecule has 1 aliphatic heterocycles. The molecule has 20 heavy (non-hydrogen) atoms. The van der Waals surface area contributed by atoms with Crippen molar-refractivity contribution in [2.75, 3.05) is 37.4 Å². The number of morpholine rings is 1. The molecule has 0 saturated carbocycles. The van der Waals surface area contributed by atoms with E-state index in [1.54, 1.807) is 30.1 Å². The fourth-order valence-corrected chi connectivity index (χ4v) is 2.27. The van der Waals surface area contributed by atoms with E-state index in [9.17, 15) is 9.59 Å². The van der Waals surface area contributed by atoms with Gasteiger partial charge in [0.25, 0.3) is 5.91 Å². The number of hydrogen-bond donors (Lipinski definition) is 3. The number of nitrogens with one attached hydrogen (secondary N) is 1. The number of carbonyl (C=O) groups is 2. The summed E-state index contributed by atoms with van der Waals surface area (Å²) >= 11 is 0. The van der Waals surface area contributed by atoms with Crippen molar-refractivity contribution in [3.05, 3.63) is 23.8 Å². The molecule has 1 atom stereocenters. The van der Waals surface area contributed by atoms with Crippen molar-refractivity contribution in [2.45, 2.75) is 6.04 Å². The molecule has 2 amide bonds. The van der Waals surface area contributed by atoms with Crippen LogP contribution in [-0.4, -0.2) is 44.7 Å². The highest BCUT2D eigenvalue weighted by atomic mass is 16.5. The van der Waals surface area contributed by atoms with Gasteiger partial charge in [-0.05, 0) is 18.2 Å². The molecular formula is C13H18N4O3. The first kappa shape index (κ1) is 14.1. The van der Waals surface area contributed by atoms with Crippen LogP contribution in [0.4, 0.5) is 11.4 Å². The van der Waals surface area contributed by atoms with Gasteiger partial charge >= 0.3 is 0 Å². The van der Waals surface area contributed by atoms with E-state index >= 15 is 0 Å². The fourth-order valence-electron chi connectivity index (χ4n) is 2.27. The Bertz CT molecular complexity index is 532. The lowest BCUT2D eigenvalue weighted by molar-refractivity contribution is -0.124. The Morgan fingerprint density at radius 3 is 2.85 bits per heavy atom. The van der Waals surface area contributed by atoms with E-state index in [4.69, 9.17) is 16.2 Å². The first-order chi connectivity index (χ1) is 9.54. The van der Waals surface area contributed by atoms with Crippen LogP contribution in [-0.2, 0) is 9.53 Å². The SMILES string of the molecule is CNC(=O)C1COCCN1c1cc(N)ccc1C(N)=O. The van der Waals surface area contributed by atoms with Crippen LogP contribution in [0.2, 0.25) is 0 Å². The summed E-state index contributed by atoms with van der Waals surface area (Å²) in [5, 5.41) is 2.59. The van der Waals surface area contributed by atoms with E-state index in [-0.39, 0.29) is 12.5 Å². The molecule has 1 aromatic rings. The summed E-state index contributed by atoms with van der Waals surface area (Å²) in [6.45, 7) is 1.22. The summed E-state index contributed by atoms with van der Waals surface area (Å²) in [6.07, 6.45) is 0. The minimum Gasteiger partial charge on any atom is -0.399 e. The minimum atomic E-state index is -0.554. The van der Waals surface area contributed by atoms with E-state index in [1.165, 1.54) is 0 Å². The Morgan fingerprint density at radius 2 is 2.20 bits per heavy atom. The van der Waals surface area contributed by atoms with E-state index in [1.807, 2.05) is 0 Å². The van der Waals surface area contributed by atoms with Crippen LogP contribution in [0.3, 0.4) is 0 Å². The van der Waals surface area contributed by atoms with Crippen molar-refractivity contribution < 1.29 is 14.3 Å². The number of nitrogen functional groups attached to an aromatic ring is 1. The summed E-state index contributed by atoms with van der Waals surface area (Å²) in [7, 11) is 1.56. The van der Waals surface area contributed by atoms with Crippen LogP contribution < -0.4 is 21.7 Å². The molecular weight excluding hydrogens is 260 g/mol. The first-order valence-electron chi connectivity index (χ1n) is 6.30. The average molecular weight is 278 g/mol. The maximum absolute atomic E-state index is 11.9. The number of carbonyl (C=O) groups excluding carboxylic acids is 2. The first-order valence-corrected chi connectivity index (χ1v) is 6.30. The van der Waals surface area contributed by atoms with Crippen molar-refractivity contribution in [3.63, 3.8) is 0 Å². The van der Waals surface area contributed by atoms with Gasteiger partial charge in [-0.15, -0.1) is 0 Å². The number of anilines is 2. The van der Waals surface area contributed by atoms with Gasteiger partial charge in [-0.3, -0.25) is 9.59 Å². The largest absolute Gasteiger partial charge is 0.399 e. The van der Waals surface area contributed by atoms with Crippen LogP contribution in [0.15, 0.2) is 18.2 Å². The predicted molar refractivity (Wildman–Crippen MR) is 75.4 cm³/mol. The Balaban J connectivity index is 2.44. The van der Waals surface area contributed by atoms with Gasteiger partial charge in [-0.1, -0.05) is 0 Å². The van der Waals surface area contributed by atoms with Crippen molar-refractivity contribution in [1.29, 1.82) is 0 Å². The summed E-state index contributed by atoms with van der Waals surface area (Å²) < 4.78 is 5.34. The van der Waals surface area contributed by atoms with E-state index in [2.05, 4.69) is 5.32 Å². The van der Waals surface area contributed by atoms with Crippen molar-refractivity contribution >= 4 is 23.2 Å². The second-order valence-electron chi connectivity index (χ2n) is 4.54. The average Bonchev–Trinajstić information content (AvgIpc) is 2.46. The van der Waals surface area contributed by atoms with E-state index in [0.29, 0.717) is 30.1 Å². The fraction of sp³-hybridized carbons (Fsp3) is 0.385. The summed E-state index contributed by atoms with van der Waals surface area (Å²) in [6, 6.07) is 4.33.